The van der Waals surface area contributed by atoms with Crippen molar-refractivity contribution in [2.45, 2.75) is 45.3 Å². The summed E-state index contributed by atoms with van der Waals surface area (Å²) in [6.07, 6.45) is 5.55. The Kier molecular flexibility index (Phi) is 5.09. The summed E-state index contributed by atoms with van der Waals surface area (Å²) in [5.74, 6) is 1.31. The zero-order valence-corrected chi connectivity index (χ0v) is 16.3. The van der Waals surface area contributed by atoms with Crippen molar-refractivity contribution >= 4 is 23.1 Å². The summed E-state index contributed by atoms with van der Waals surface area (Å²) in [6.45, 7) is 5.83. The van der Waals surface area contributed by atoms with E-state index in [4.69, 9.17) is 4.42 Å². The van der Waals surface area contributed by atoms with Gasteiger partial charge in [0.25, 0.3) is 5.91 Å². The second-order valence-corrected chi connectivity index (χ2v) is 8.12. The zero-order chi connectivity index (χ0) is 18.8. The maximum absolute atomic E-state index is 12.6. The third kappa shape index (κ3) is 3.96. The van der Waals surface area contributed by atoms with Gasteiger partial charge in [-0.15, -0.1) is 16.4 Å². The number of thiophene rings is 1. The highest BCUT2D eigenvalue weighted by atomic mass is 32.1. The molecule has 1 aliphatic rings. The molecule has 0 aromatic carbocycles. The van der Waals surface area contributed by atoms with Crippen molar-refractivity contribution in [1.82, 2.24) is 19.9 Å². The predicted octanol–water partition coefficient (Wildman–Crippen LogP) is 4.10. The second-order valence-electron chi connectivity index (χ2n) is 7.01. The van der Waals surface area contributed by atoms with Gasteiger partial charge in [-0.05, 0) is 57.5 Å². The molecule has 1 amide bonds. The van der Waals surface area contributed by atoms with E-state index >= 15 is 0 Å². The fourth-order valence-corrected chi connectivity index (χ4v) is 4.43. The molecule has 0 radical (unpaired) electrons. The molecule has 3 aromatic rings. The molecule has 0 aliphatic carbocycles. The SMILES string of the molecule is CC(C)n1ncc(NC(=O)c2ccc([C@H]3CCCN3Cc3ccco3)s2)n1. The van der Waals surface area contributed by atoms with Crippen LogP contribution in [0, 0.1) is 0 Å². The molecular formula is C19H23N5O2S. The van der Waals surface area contributed by atoms with Crippen molar-refractivity contribution in [1.29, 1.82) is 0 Å². The van der Waals surface area contributed by atoms with E-state index in [1.54, 1.807) is 28.6 Å². The van der Waals surface area contributed by atoms with Crippen LogP contribution in [0.5, 0.6) is 0 Å². The van der Waals surface area contributed by atoms with Gasteiger partial charge in [0.05, 0.1) is 29.9 Å². The topological polar surface area (TPSA) is 76.2 Å². The number of nitrogens with one attached hydrogen (secondary N) is 1. The molecule has 8 heteroatoms. The monoisotopic (exact) mass is 385 g/mol. The van der Waals surface area contributed by atoms with Gasteiger partial charge in [-0.25, -0.2) is 0 Å². The number of furan rings is 1. The van der Waals surface area contributed by atoms with Crippen LogP contribution >= 0.6 is 11.3 Å². The van der Waals surface area contributed by atoms with Gasteiger partial charge in [0, 0.05) is 10.9 Å². The van der Waals surface area contributed by atoms with Crippen LogP contribution in [0.1, 0.15) is 59.1 Å². The summed E-state index contributed by atoms with van der Waals surface area (Å²) in [5, 5.41) is 11.3. The molecule has 0 unspecified atom stereocenters. The summed E-state index contributed by atoms with van der Waals surface area (Å²) in [6, 6.07) is 8.38. The number of hydrogen-bond donors (Lipinski definition) is 1. The molecule has 4 rings (SSSR count). The fraction of sp³-hybridized carbons (Fsp3) is 0.421. The van der Waals surface area contributed by atoms with Crippen LogP contribution in [-0.2, 0) is 6.54 Å². The molecular weight excluding hydrogens is 362 g/mol. The second kappa shape index (κ2) is 7.66. The largest absolute Gasteiger partial charge is 0.468 e. The summed E-state index contributed by atoms with van der Waals surface area (Å²) >= 11 is 1.55. The molecule has 142 valence electrons. The minimum Gasteiger partial charge on any atom is -0.468 e. The standard InChI is InChI=1S/C19H23N5O2S/c1-13(2)24-20-11-18(22-24)21-19(25)17-8-7-16(27-17)15-6-3-9-23(15)12-14-5-4-10-26-14/h4-5,7-8,10-11,13,15H,3,6,9,12H2,1-2H3,(H,21,22,25)/t15-/m1/s1. The Morgan fingerprint density at radius 3 is 3.04 bits per heavy atom. The lowest BCUT2D eigenvalue weighted by atomic mass is 10.2. The number of likely N-dealkylation sites (tertiary alicyclic amines) is 1. The van der Waals surface area contributed by atoms with E-state index in [0.29, 0.717) is 16.7 Å². The van der Waals surface area contributed by atoms with Gasteiger partial charge < -0.3 is 9.73 Å². The van der Waals surface area contributed by atoms with Crippen molar-refractivity contribution in [3.63, 3.8) is 0 Å². The number of anilines is 1. The van der Waals surface area contributed by atoms with E-state index in [2.05, 4.69) is 26.5 Å². The molecule has 27 heavy (non-hydrogen) atoms. The first-order valence-electron chi connectivity index (χ1n) is 9.19. The summed E-state index contributed by atoms with van der Waals surface area (Å²) < 4.78 is 5.49. The number of nitrogens with zero attached hydrogens (tertiary/aromatic N) is 4. The Labute approximate surface area is 162 Å². The van der Waals surface area contributed by atoms with Gasteiger partial charge in [-0.3, -0.25) is 9.69 Å². The number of carbonyl (C=O) groups excluding carboxylic acids is 1. The van der Waals surface area contributed by atoms with Gasteiger partial charge >= 0.3 is 0 Å². The van der Waals surface area contributed by atoms with Crippen LogP contribution in [0.2, 0.25) is 0 Å². The van der Waals surface area contributed by atoms with Crippen LogP contribution in [0.25, 0.3) is 0 Å². The van der Waals surface area contributed by atoms with E-state index < -0.39 is 0 Å². The summed E-state index contributed by atoms with van der Waals surface area (Å²) in [4.78, 5) is 18.5. The highest BCUT2D eigenvalue weighted by Crippen LogP contribution is 2.37. The van der Waals surface area contributed by atoms with Crippen molar-refractivity contribution in [3.05, 3.63) is 52.2 Å². The van der Waals surface area contributed by atoms with Crippen molar-refractivity contribution in [2.75, 3.05) is 11.9 Å². The number of rotatable bonds is 6. The molecule has 1 atom stereocenters. The first kappa shape index (κ1) is 17.9. The average Bonchev–Trinajstić information content (AvgIpc) is 3.43. The number of aromatic nitrogens is 3. The third-order valence-corrected chi connectivity index (χ3v) is 5.88. The first-order chi connectivity index (χ1) is 13.1. The summed E-state index contributed by atoms with van der Waals surface area (Å²) in [5.41, 5.74) is 0. The molecule has 4 heterocycles. The van der Waals surface area contributed by atoms with Gasteiger partial charge in [0.2, 0.25) is 0 Å². The normalized spacial score (nSPS) is 17.7. The molecule has 1 fully saturated rings. The Balaban J connectivity index is 1.43. The van der Waals surface area contributed by atoms with Crippen LogP contribution in [0.4, 0.5) is 5.82 Å². The van der Waals surface area contributed by atoms with Crippen molar-refractivity contribution in [2.24, 2.45) is 0 Å². The molecule has 1 N–H and O–H groups in total. The minimum atomic E-state index is -0.141. The minimum absolute atomic E-state index is 0.141. The van der Waals surface area contributed by atoms with E-state index in [-0.39, 0.29) is 11.9 Å². The third-order valence-electron chi connectivity index (χ3n) is 4.69. The highest BCUT2D eigenvalue weighted by Gasteiger charge is 2.28. The van der Waals surface area contributed by atoms with Crippen LogP contribution in [0.15, 0.2) is 41.1 Å². The Hall–Kier alpha value is -2.45. The van der Waals surface area contributed by atoms with Gasteiger partial charge in [-0.1, -0.05) is 0 Å². The average molecular weight is 385 g/mol. The quantitative estimate of drug-likeness (QED) is 0.691. The number of carbonyl (C=O) groups is 1. The lowest BCUT2D eigenvalue weighted by molar-refractivity contribution is 0.103. The Morgan fingerprint density at radius 1 is 1.41 bits per heavy atom. The predicted molar refractivity (Wildman–Crippen MR) is 104 cm³/mol. The molecule has 0 bridgehead atoms. The summed E-state index contributed by atoms with van der Waals surface area (Å²) in [7, 11) is 0. The van der Waals surface area contributed by atoms with E-state index in [0.717, 1.165) is 31.7 Å². The molecule has 1 saturated heterocycles. The number of hydrogen-bond acceptors (Lipinski definition) is 6. The van der Waals surface area contributed by atoms with Gasteiger partial charge in [0.1, 0.15) is 5.76 Å². The van der Waals surface area contributed by atoms with Crippen molar-refractivity contribution in [3.8, 4) is 0 Å². The van der Waals surface area contributed by atoms with Gasteiger partial charge in [0.15, 0.2) is 5.82 Å². The number of amides is 1. The smallest absolute Gasteiger partial charge is 0.266 e. The van der Waals surface area contributed by atoms with E-state index in [1.165, 1.54) is 4.88 Å². The highest BCUT2D eigenvalue weighted by molar-refractivity contribution is 7.14. The molecule has 0 saturated carbocycles. The fourth-order valence-electron chi connectivity index (χ4n) is 3.35. The van der Waals surface area contributed by atoms with E-state index in [9.17, 15) is 4.79 Å². The van der Waals surface area contributed by atoms with Crippen LogP contribution < -0.4 is 5.32 Å². The molecule has 0 spiro atoms. The Bertz CT molecular complexity index is 899. The first-order valence-corrected chi connectivity index (χ1v) is 10.0. The van der Waals surface area contributed by atoms with Crippen LogP contribution in [0.3, 0.4) is 0 Å². The van der Waals surface area contributed by atoms with Crippen molar-refractivity contribution < 1.29 is 9.21 Å². The maximum Gasteiger partial charge on any atom is 0.266 e. The van der Waals surface area contributed by atoms with Gasteiger partial charge in [-0.2, -0.15) is 9.90 Å². The maximum atomic E-state index is 12.6. The molecule has 1 aliphatic heterocycles. The Morgan fingerprint density at radius 2 is 2.30 bits per heavy atom. The molecule has 7 nitrogen and oxygen atoms in total. The van der Waals surface area contributed by atoms with E-state index in [1.807, 2.05) is 32.0 Å². The van der Waals surface area contributed by atoms with Crippen LogP contribution in [-0.4, -0.2) is 32.3 Å². The zero-order valence-electron chi connectivity index (χ0n) is 15.5. The lowest BCUT2D eigenvalue weighted by Gasteiger charge is -2.22. The lowest BCUT2D eigenvalue weighted by Crippen LogP contribution is -2.21. The molecule has 3 aromatic heterocycles.